The van der Waals surface area contributed by atoms with E-state index in [2.05, 4.69) is 9.55 Å². The summed E-state index contributed by atoms with van der Waals surface area (Å²) >= 11 is 0. The lowest BCUT2D eigenvalue weighted by Gasteiger charge is -2.10. The van der Waals surface area contributed by atoms with E-state index in [0.717, 1.165) is 39.7 Å². The lowest BCUT2D eigenvalue weighted by Crippen LogP contribution is -2.13. The summed E-state index contributed by atoms with van der Waals surface area (Å²) < 4.78 is 12.9. The Balaban J connectivity index is 1.81. The summed E-state index contributed by atoms with van der Waals surface area (Å²) in [6.45, 7) is 4.74. The van der Waals surface area contributed by atoms with Crippen molar-refractivity contribution in [2.45, 2.75) is 20.4 Å². The number of nitrogens with two attached hydrogens (primary N) is 1. The van der Waals surface area contributed by atoms with Crippen LogP contribution in [0.5, 0.6) is 11.5 Å². The molecule has 0 radical (unpaired) electrons. The molecule has 0 fully saturated rings. The van der Waals surface area contributed by atoms with E-state index in [0.29, 0.717) is 12.1 Å². The van der Waals surface area contributed by atoms with Gasteiger partial charge in [-0.1, -0.05) is 12.1 Å². The highest BCUT2D eigenvalue weighted by atomic mass is 16.7. The number of ether oxygens (including phenoxy) is 2. The molecule has 1 amide bonds. The van der Waals surface area contributed by atoms with Gasteiger partial charge in [0, 0.05) is 29.7 Å². The van der Waals surface area contributed by atoms with Gasteiger partial charge in [0.05, 0.1) is 11.3 Å². The predicted octanol–water partition coefficient (Wildman–Crippen LogP) is 3.04. The normalized spacial score (nSPS) is 12.4. The third-order valence-corrected chi connectivity index (χ3v) is 4.73. The number of carbonyl (C=O) groups excluding carboxylic acids is 1. The maximum Gasteiger partial charge on any atom is 0.251 e. The van der Waals surface area contributed by atoms with E-state index in [4.69, 9.17) is 15.2 Å². The van der Waals surface area contributed by atoms with Gasteiger partial charge in [-0.05, 0) is 43.7 Å². The molecule has 6 heteroatoms. The second kappa shape index (κ2) is 6.22. The van der Waals surface area contributed by atoms with E-state index in [-0.39, 0.29) is 6.79 Å². The molecule has 0 saturated heterocycles. The van der Waals surface area contributed by atoms with Gasteiger partial charge in [0.25, 0.3) is 5.91 Å². The summed E-state index contributed by atoms with van der Waals surface area (Å²) in [5.74, 6) is 1.04. The number of aromatic nitrogens is 2. The number of amides is 1. The van der Waals surface area contributed by atoms with Crippen LogP contribution in [0.2, 0.25) is 0 Å². The van der Waals surface area contributed by atoms with Crippen molar-refractivity contribution in [3.05, 3.63) is 65.1 Å². The third-order valence-electron chi connectivity index (χ3n) is 4.73. The third kappa shape index (κ3) is 2.60. The number of carbonyl (C=O) groups is 1. The van der Waals surface area contributed by atoms with Crippen LogP contribution in [0.4, 0.5) is 0 Å². The van der Waals surface area contributed by atoms with E-state index in [9.17, 15) is 4.79 Å². The van der Waals surface area contributed by atoms with Gasteiger partial charge in [0.15, 0.2) is 11.5 Å². The summed E-state index contributed by atoms with van der Waals surface area (Å²) in [4.78, 5) is 16.5. The molecule has 2 aromatic heterocycles. The SMILES string of the molecule is Cc1c(C(N)=O)c(-c2ccccn2)c(C)n1Cc1ccc2c(c1)OCO2. The largest absolute Gasteiger partial charge is 0.454 e. The monoisotopic (exact) mass is 349 g/mol. The fourth-order valence-electron chi connectivity index (χ4n) is 3.47. The van der Waals surface area contributed by atoms with Crippen molar-refractivity contribution in [3.63, 3.8) is 0 Å². The number of benzene rings is 1. The average molecular weight is 349 g/mol. The molecule has 4 rings (SSSR count). The Morgan fingerprint density at radius 3 is 2.69 bits per heavy atom. The minimum absolute atomic E-state index is 0.246. The number of rotatable bonds is 4. The number of hydrogen-bond acceptors (Lipinski definition) is 4. The second-order valence-corrected chi connectivity index (χ2v) is 6.27. The Bertz CT molecular complexity index is 993. The van der Waals surface area contributed by atoms with Crippen molar-refractivity contribution in [1.82, 2.24) is 9.55 Å². The highest BCUT2D eigenvalue weighted by Gasteiger charge is 2.23. The topological polar surface area (TPSA) is 79.4 Å². The predicted molar refractivity (Wildman–Crippen MR) is 97.3 cm³/mol. The molecule has 132 valence electrons. The first-order chi connectivity index (χ1) is 12.6. The summed E-state index contributed by atoms with van der Waals surface area (Å²) in [5, 5.41) is 0. The van der Waals surface area contributed by atoms with Crippen molar-refractivity contribution in [1.29, 1.82) is 0 Å². The van der Waals surface area contributed by atoms with Gasteiger partial charge >= 0.3 is 0 Å². The standard InChI is InChI=1S/C20H19N3O3/c1-12-18(15-5-3-4-8-22-15)19(20(21)24)13(2)23(12)10-14-6-7-16-17(9-14)26-11-25-16/h3-9H,10-11H2,1-2H3,(H2,21,24). The van der Waals surface area contributed by atoms with Crippen LogP contribution in [0.3, 0.4) is 0 Å². The number of fused-ring (bicyclic) bond motifs is 1. The molecule has 0 atom stereocenters. The molecule has 3 aromatic rings. The Morgan fingerprint density at radius 2 is 1.96 bits per heavy atom. The molecule has 1 aliphatic heterocycles. The summed E-state index contributed by atoms with van der Waals surface area (Å²) in [6, 6.07) is 11.5. The van der Waals surface area contributed by atoms with Crippen LogP contribution in [-0.4, -0.2) is 22.3 Å². The van der Waals surface area contributed by atoms with Crippen molar-refractivity contribution in [2.75, 3.05) is 6.79 Å². The fraction of sp³-hybridized carbons (Fsp3) is 0.200. The Hall–Kier alpha value is -3.28. The molecule has 26 heavy (non-hydrogen) atoms. The first kappa shape index (κ1) is 16.2. The van der Waals surface area contributed by atoms with Gasteiger partial charge in [-0.2, -0.15) is 0 Å². The highest BCUT2D eigenvalue weighted by molar-refractivity contribution is 6.01. The van der Waals surface area contributed by atoms with Crippen LogP contribution >= 0.6 is 0 Å². The second-order valence-electron chi connectivity index (χ2n) is 6.27. The Morgan fingerprint density at radius 1 is 1.15 bits per heavy atom. The maximum atomic E-state index is 12.1. The molecule has 6 nitrogen and oxygen atoms in total. The number of pyridine rings is 1. The molecule has 2 N–H and O–H groups in total. The average Bonchev–Trinajstić information content (AvgIpc) is 3.20. The van der Waals surface area contributed by atoms with E-state index in [1.54, 1.807) is 6.20 Å². The van der Waals surface area contributed by atoms with Gasteiger partial charge in [0.1, 0.15) is 0 Å². The van der Waals surface area contributed by atoms with Crippen LogP contribution in [-0.2, 0) is 6.54 Å². The Labute approximate surface area is 151 Å². The maximum absolute atomic E-state index is 12.1. The molecule has 0 unspecified atom stereocenters. The van der Waals surface area contributed by atoms with Gasteiger partial charge in [-0.3, -0.25) is 9.78 Å². The molecule has 1 aliphatic rings. The summed E-state index contributed by atoms with van der Waals surface area (Å²) in [5.41, 5.74) is 10.6. The molecule has 0 spiro atoms. The fourth-order valence-corrected chi connectivity index (χ4v) is 3.47. The molecule has 3 heterocycles. The van der Waals surface area contributed by atoms with Crippen LogP contribution in [0.1, 0.15) is 27.3 Å². The zero-order valence-corrected chi connectivity index (χ0v) is 14.7. The zero-order valence-electron chi connectivity index (χ0n) is 14.7. The molecule has 0 aliphatic carbocycles. The minimum Gasteiger partial charge on any atom is -0.454 e. The summed E-state index contributed by atoms with van der Waals surface area (Å²) in [7, 11) is 0. The lowest BCUT2D eigenvalue weighted by molar-refractivity contribution is 0.1000. The first-order valence-electron chi connectivity index (χ1n) is 8.35. The quantitative estimate of drug-likeness (QED) is 0.785. The van der Waals surface area contributed by atoms with Crippen LogP contribution in [0.25, 0.3) is 11.3 Å². The van der Waals surface area contributed by atoms with Gasteiger partial charge < -0.3 is 19.8 Å². The van der Waals surface area contributed by atoms with Crippen LogP contribution in [0.15, 0.2) is 42.6 Å². The molecule has 1 aromatic carbocycles. The molecular weight excluding hydrogens is 330 g/mol. The van der Waals surface area contributed by atoms with E-state index in [1.165, 1.54) is 0 Å². The summed E-state index contributed by atoms with van der Waals surface area (Å²) in [6.07, 6.45) is 1.71. The molecule has 0 saturated carbocycles. The van der Waals surface area contributed by atoms with E-state index in [1.807, 2.05) is 50.2 Å². The molecular formula is C20H19N3O3. The molecule has 0 bridgehead atoms. The van der Waals surface area contributed by atoms with Gasteiger partial charge in [-0.25, -0.2) is 0 Å². The minimum atomic E-state index is -0.448. The van der Waals surface area contributed by atoms with Gasteiger partial charge in [-0.15, -0.1) is 0 Å². The van der Waals surface area contributed by atoms with Gasteiger partial charge in [0.2, 0.25) is 6.79 Å². The van der Waals surface area contributed by atoms with Crippen molar-refractivity contribution in [2.24, 2.45) is 5.73 Å². The van der Waals surface area contributed by atoms with E-state index >= 15 is 0 Å². The van der Waals surface area contributed by atoms with Crippen molar-refractivity contribution in [3.8, 4) is 22.8 Å². The lowest BCUT2D eigenvalue weighted by atomic mass is 10.0. The number of primary amides is 1. The first-order valence-corrected chi connectivity index (χ1v) is 8.35. The van der Waals surface area contributed by atoms with E-state index < -0.39 is 5.91 Å². The number of hydrogen-bond donors (Lipinski definition) is 1. The van der Waals surface area contributed by atoms with Crippen molar-refractivity contribution >= 4 is 5.91 Å². The number of nitrogens with zero attached hydrogens (tertiary/aromatic N) is 2. The highest BCUT2D eigenvalue weighted by Crippen LogP contribution is 2.35. The smallest absolute Gasteiger partial charge is 0.251 e. The zero-order chi connectivity index (χ0) is 18.3. The van der Waals surface area contributed by atoms with Crippen molar-refractivity contribution < 1.29 is 14.3 Å². The van der Waals surface area contributed by atoms with Crippen LogP contribution in [0, 0.1) is 13.8 Å². The van der Waals surface area contributed by atoms with Crippen LogP contribution < -0.4 is 15.2 Å². The Kier molecular flexibility index (Phi) is 3.88.